The Morgan fingerprint density at radius 3 is 2.65 bits per heavy atom. The minimum Gasteiger partial charge on any atom is -0.497 e. The number of nitrogens with zero attached hydrogens (tertiary/aromatic N) is 1. The lowest BCUT2D eigenvalue weighted by atomic mass is 10.0. The van der Waals surface area contributed by atoms with Crippen LogP contribution in [0.2, 0.25) is 0 Å². The standard InChI is InChI=1S/C18H27N3O2/c1-23-15-8-6-14(7-9-15)17(21-11-2-3-12-21)13-20-18(22)16-5-4-10-19-16/h6-9,16-17,19H,2-5,10-13H2,1H3,(H,20,22). The Hall–Kier alpha value is -1.59. The van der Waals surface area contributed by atoms with Gasteiger partial charge in [0, 0.05) is 6.54 Å². The van der Waals surface area contributed by atoms with Crippen molar-refractivity contribution >= 4 is 5.91 Å². The first-order chi connectivity index (χ1) is 11.3. The molecule has 2 unspecified atom stereocenters. The van der Waals surface area contributed by atoms with E-state index in [1.165, 1.54) is 18.4 Å². The molecule has 3 rings (SSSR count). The molecule has 2 aliphatic rings. The van der Waals surface area contributed by atoms with Crippen molar-refractivity contribution < 1.29 is 9.53 Å². The van der Waals surface area contributed by atoms with Gasteiger partial charge in [-0.15, -0.1) is 0 Å². The monoisotopic (exact) mass is 317 g/mol. The minimum atomic E-state index is -0.00917. The van der Waals surface area contributed by atoms with Crippen LogP contribution in [0.1, 0.15) is 37.3 Å². The first-order valence-electron chi connectivity index (χ1n) is 8.67. The molecule has 2 N–H and O–H groups in total. The van der Waals surface area contributed by atoms with Crippen molar-refractivity contribution in [3.63, 3.8) is 0 Å². The summed E-state index contributed by atoms with van der Waals surface area (Å²) >= 11 is 0. The lowest BCUT2D eigenvalue weighted by Crippen LogP contribution is -2.44. The van der Waals surface area contributed by atoms with E-state index in [-0.39, 0.29) is 18.0 Å². The number of amides is 1. The molecule has 0 aromatic heterocycles. The average molecular weight is 317 g/mol. The van der Waals surface area contributed by atoms with E-state index < -0.39 is 0 Å². The predicted molar refractivity (Wildman–Crippen MR) is 90.6 cm³/mol. The van der Waals surface area contributed by atoms with E-state index in [2.05, 4.69) is 27.7 Å². The summed E-state index contributed by atoms with van der Waals surface area (Å²) in [5, 5.41) is 6.42. The van der Waals surface area contributed by atoms with Gasteiger partial charge in [-0.3, -0.25) is 9.69 Å². The van der Waals surface area contributed by atoms with Crippen LogP contribution in [0.3, 0.4) is 0 Å². The number of likely N-dealkylation sites (tertiary alicyclic amines) is 1. The third-order valence-electron chi connectivity index (χ3n) is 4.93. The Morgan fingerprint density at radius 1 is 1.30 bits per heavy atom. The Morgan fingerprint density at radius 2 is 2.04 bits per heavy atom. The van der Waals surface area contributed by atoms with Gasteiger partial charge in [-0.25, -0.2) is 0 Å². The summed E-state index contributed by atoms with van der Waals surface area (Å²) in [7, 11) is 1.68. The number of benzene rings is 1. The van der Waals surface area contributed by atoms with Gasteiger partial charge in [-0.1, -0.05) is 12.1 Å². The summed E-state index contributed by atoms with van der Waals surface area (Å²) in [5.41, 5.74) is 1.24. The van der Waals surface area contributed by atoms with Crippen LogP contribution in [-0.2, 0) is 4.79 Å². The quantitative estimate of drug-likeness (QED) is 0.838. The highest BCUT2D eigenvalue weighted by Crippen LogP contribution is 2.26. The van der Waals surface area contributed by atoms with Crippen molar-refractivity contribution in [2.45, 2.75) is 37.8 Å². The molecule has 0 spiro atoms. The molecule has 2 fully saturated rings. The number of methoxy groups -OCH3 is 1. The molecule has 5 heteroatoms. The van der Waals surface area contributed by atoms with Gasteiger partial charge in [-0.2, -0.15) is 0 Å². The predicted octanol–water partition coefficient (Wildman–Crippen LogP) is 1.70. The first-order valence-corrected chi connectivity index (χ1v) is 8.67. The molecule has 0 aliphatic carbocycles. The summed E-state index contributed by atoms with van der Waals surface area (Å²) in [4.78, 5) is 14.8. The van der Waals surface area contributed by atoms with E-state index in [1.54, 1.807) is 7.11 Å². The zero-order valence-corrected chi connectivity index (χ0v) is 13.9. The second-order valence-corrected chi connectivity index (χ2v) is 6.43. The lowest BCUT2D eigenvalue weighted by Gasteiger charge is -2.28. The van der Waals surface area contributed by atoms with Gasteiger partial charge in [0.1, 0.15) is 5.75 Å². The van der Waals surface area contributed by atoms with Crippen LogP contribution in [0.15, 0.2) is 24.3 Å². The van der Waals surface area contributed by atoms with Crippen molar-refractivity contribution in [3.8, 4) is 5.75 Å². The molecule has 2 atom stereocenters. The van der Waals surface area contributed by atoms with Crippen molar-refractivity contribution in [1.82, 2.24) is 15.5 Å². The number of nitrogens with one attached hydrogen (secondary N) is 2. The van der Waals surface area contributed by atoms with Gasteiger partial charge in [0.2, 0.25) is 5.91 Å². The first kappa shape index (κ1) is 16.3. The third-order valence-corrected chi connectivity index (χ3v) is 4.93. The molecule has 2 heterocycles. The Kier molecular flexibility index (Phi) is 5.51. The summed E-state index contributed by atoms with van der Waals surface area (Å²) in [6.07, 6.45) is 4.52. The fourth-order valence-electron chi connectivity index (χ4n) is 3.57. The maximum atomic E-state index is 12.3. The van der Waals surface area contributed by atoms with E-state index in [1.807, 2.05) is 12.1 Å². The number of rotatable bonds is 6. The molecule has 0 bridgehead atoms. The summed E-state index contributed by atoms with van der Waals surface area (Å²) in [5.74, 6) is 1.01. The highest BCUT2D eigenvalue weighted by atomic mass is 16.5. The lowest BCUT2D eigenvalue weighted by molar-refractivity contribution is -0.123. The Balaban J connectivity index is 1.66. The van der Waals surface area contributed by atoms with Crippen molar-refractivity contribution in [2.75, 3.05) is 33.3 Å². The van der Waals surface area contributed by atoms with Gasteiger partial charge >= 0.3 is 0 Å². The fourth-order valence-corrected chi connectivity index (χ4v) is 3.57. The Labute approximate surface area is 138 Å². The number of hydrogen-bond acceptors (Lipinski definition) is 4. The number of carbonyl (C=O) groups excluding carboxylic acids is 1. The zero-order valence-electron chi connectivity index (χ0n) is 13.9. The maximum absolute atomic E-state index is 12.3. The SMILES string of the molecule is COc1ccc(C(CNC(=O)C2CCCN2)N2CCCC2)cc1. The number of hydrogen-bond donors (Lipinski definition) is 2. The van der Waals surface area contributed by atoms with E-state index in [9.17, 15) is 4.79 Å². The second kappa shape index (κ2) is 7.79. The molecule has 23 heavy (non-hydrogen) atoms. The Bertz CT molecular complexity index is 506. The normalized spacial score (nSPS) is 22.9. The minimum absolute atomic E-state index is 0.00917. The smallest absolute Gasteiger partial charge is 0.237 e. The van der Waals surface area contributed by atoms with Crippen LogP contribution in [0.25, 0.3) is 0 Å². The summed E-state index contributed by atoms with van der Waals surface area (Å²) < 4.78 is 5.25. The van der Waals surface area contributed by atoms with Crippen LogP contribution in [0, 0.1) is 0 Å². The van der Waals surface area contributed by atoms with Crippen LogP contribution < -0.4 is 15.4 Å². The molecule has 1 aromatic rings. The summed E-state index contributed by atoms with van der Waals surface area (Å²) in [6.45, 7) is 3.83. The highest BCUT2D eigenvalue weighted by Gasteiger charge is 2.26. The van der Waals surface area contributed by atoms with E-state index >= 15 is 0 Å². The van der Waals surface area contributed by atoms with Crippen LogP contribution in [-0.4, -0.2) is 50.1 Å². The molecule has 0 saturated carbocycles. The van der Waals surface area contributed by atoms with Gasteiger partial charge in [0.15, 0.2) is 0 Å². The largest absolute Gasteiger partial charge is 0.497 e. The van der Waals surface area contributed by atoms with Gasteiger partial charge in [0.05, 0.1) is 19.2 Å². The molecule has 126 valence electrons. The van der Waals surface area contributed by atoms with Gasteiger partial charge < -0.3 is 15.4 Å². The zero-order chi connectivity index (χ0) is 16.1. The molecule has 2 aliphatic heterocycles. The topological polar surface area (TPSA) is 53.6 Å². The molecule has 0 radical (unpaired) electrons. The molecular formula is C18H27N3O2. The molecule has 1 aromatic carbocycles. The van der Waals surface area contributed by atoms with Crippen LogP contribution >= 0.6 is 0 Å². The van der Waals surface area contributed by atoms with Crippen LogP contribution in [0.5, 0.6) is 5.75 Å². The molecular weight excluding hydrogens is 290 g/mol. The van der Waals surface area contributed by atoms with Crippen molar-refractivity contribution in [3.05, 3.63) is 29.8 Å². The number of carbonyl (C=O) groups is 1. The maximum Gasteiger partial charge on any atom is 0.237 e. The number of ether oxygens (including phenoxy) is 1. The van der Waals surface area contributed by atoms with E-state index in [4.69, 9.17) is 4.74 Å². The summed E-state index contributed by atoms with van der Waals surface area (Å²) in [6, 6.07) is 8.46. The second-order valence-electron chi connectivity index (χ2n) is 6.43. The van der Waals surface area contributed by atoms with E-state index in [0.717, 1.165) is 38.2 Å². The van der Waals surface area contributed by atoms with Crippen molar-refractivity contribution in [1.29, 1.82) is 0 Å². The molecule has 5 nitrogen and oxygen atoms in total. The molecule has 2 saturated heterocycles. The van der Waals surface area contributed by atoms with Crippen LogP contribution in [0.4, 0.5) is 0 Å². The fraction of sp³-hybridized carbons (Fsp3) is 0.611. The van der Waals surface area contributed by atoms with Gasteiger partial charge in [0.25, 0.3) is 0 Å². The molecule has 1 amide bonds. The van der Waals surface area contributed by atoms with E-state index in [0.29, 0.717) is 6.54 Å². The van der Waals surface area contributed by atoms with Gasteiger partial charge in [-0.05, 0) is 63.0 Å². The third kappa shape index (κ3) is 4.03. The average Bonchev–Trinajstić information content (AvgIpc) is 3.29. The highest BCUT2D eigenvalue weighted by molar-refractivity contribution is 5.82. The van der Waals surface area contributed by atoms with Crippen molar-refractivity contribution in [2.24, 2.45) is 0 Å².